The Bertz CT molecular complexity index is 288. The Morgan fingerprint density at radius 2 is 2.00 bits per heavy atom. The summed E-state index contributed by atoms with van der Waals surface area (Å²) in [5.74, 6) is 0.863. The van der Waals surface area contributed by atoms with E-state index in [1.165, 1.54) is 11.5 Å². The van der Waals surface area contributed by atoms with Gasteiger partial charge in [0.1, 0.15) is 5.82 Å². The minimum atomic E-state index is -0.245. The van der Waals surface area contributed by atoms with Gasteiger partial charge in [0.05, 0.1) is 12.1 Å². The second-order valence-electron chi connectivity index (χ2n) is 3.64. The van der Waals surface area contributed by atoms with Crippen LogP contribution in [0.3, 0.4) is 0 Å². The van der Waals surface area contributed by atoms with Gasteiger partial charge in [-0.25, -0.2) is 4.98 Å². The first-order valence-corrected chi connectivity index (χ1v) is 6.18. The maximum absolute atomic E-state index is 9.40. The summed E-state index contributed by atoms with van der Waals surface area (Å²) in [5.41, 5.74) is -0.245. The smallest absolute Gasteiger partial charge is 0.203 e. The summed E-state index contributed by atoms with van der Waals surface area (Å²) in [6.07, 6.45) is 2.60. The first kappa shape index (κ1) is 12.4. The van der Waals surface area contributed by atoms with E-state index in [1.807, 2.05) is 6.92 Å². The van der Waals surface area contributed by atoms with Crippen LogP contribution in [0.4, 0.5) is 5.13 Å². The van der Waals surface area contributed by atoms with E-state index in [2.05, 4.69) is 28.5 Å². The maximum Gasteiger partial charge on any atom is 0.203 e. The van der Waals surface area contributed by atoms with Crippen molar-refractivity contribution >= 4 is 16.7 Å². The van der Waals surface area contributed by atoms with E-state index in [0.717, 1.165) is 30.2 Å². The zero-order chi connectivity index (χ0) is 11.3. The third kappa shape index (κ3) is 2.89. The minimum absolute atomic E-state index is 0.126. The lowest BCUT2D eigenvalue weighted by atomic mass is 9.94. The third-order valence-electron chi connectivity index (χ3n) is 2.81. The molecule has 0 aliphatic rings. The van der Waals surface area contributed by atoms with Gasteiger partial charge >= 0.3 is 0 Å². The van der Waals surface area contributed by atoms with Gasteiger partial charge in [0, 0.05) is 18.0 Å². The molecule has 15 heavy (non-hydrogen) atoms. The molecule has 1 aromatic rings. The monoisotopic (exact) mass is 229 g/mol. The summed E-state index contributed by atoms with van der Waals surface area (Å²) in [7, 11) is 0. The van der Waals surface area contributed by atoms with Crippen molar-refractivity contribution in [1.29, 1.82) is 0 Å². The van der Waals surface area contributed by atoms with Crippen molar-refractivity contribution in [1.82, 2.24) is 9.36 Å². The second-order valence-corrected chi connectivity index (χ2v) is 4.39. The van der Waals surface area contributed by atoms with Crippen molar-refractivity contribution in [2.45, 2.75) is 45.6 Å². The van der Waals surface area contributed by atoms with Crippen LogP contribution in [-0.4, -0.2) is 26.6 Å². The van der Waals surface area contributed by atoms with E-state index in [4.69, 9.17) is 0 Å². The van der Waals surface area contributed by atoms with Crippen LogP contribution in [0.5, 0.6) is 0 Å². The molecule has 0 spiro atoms. The normalized spacial score (nSPS) is 11.7. The zero-order valence-electron chi connectivity index (χ0n) is 9.58. The number of hydrogen-bond donors (Lipinski definition) is 2. The number of hydrogen-bond acceptors (Lipinski definition) is 5. The minimum Gasteiger partial charge on any atom is -0.394 e. The van der Waals surface area contributed by atoms with Gasteiger partial charge in [0.25, 0.3) is 0 Å². The van der Waals surface area contributed by atoms with Crippen LogP contribution in [-0.2, 0) is 6.42 Å². The van der Waals surface area contributed by atoms with Gasteiger partial charge in [0.15, 0.2) is 0 Å². The fraction of sp³-hybridized carbons (Fsp3) is 0.800. The summed E-state index contributed by atoms with van der Waals surface area (Å²) in [5, 5.41) is 13.5. The predicted molar refractivity (Wildman–Crippen MR) is 63.3 cm³/mol. The Hall–Kier alpha value is -0.680. The van der Waals surface area contributed by atoms with Crippen LogP contribution in [0.25, 0.3) is 0 Å². The molecule has 4 nitrogen and oxygen atoms in total. The number of aromatic nitrogens is 2. The SMILES string of the molecule is CCc1nsc(NC(CC)(CC)CO)n1. The summed E-state index contributed by atoms with van der Waals surface area (Å²) in [4.78, 5) is 4.34. The molecule has 0 fully saturated rings. The Labute approximate surface area is 94.9 Å². The lowest BCUT2D eigenvalue weighted by Gasteiger charge is -2.30. The van der Waals surface area contributed by atoms with Crippen LogP contribution in [0.1, 0.15) is 39.4 Å². The fourth-order valence-electron chi connectivity index (χ4n) is 1.37. The van der Waals surface area contributed by atoms with Crippen LogP contribution >= 0.6 is 11.5 Å². The quantitative estimate of drug-likeness (QED) is 0.784. The van der Waals surface area contributed by atoms with E-state index in [9.17, 15) is 5.11 Å². The van der Waals surface area contributed by atoms with Gasteiger partial charge in [-0.15, -0.1) is 0 Å². The van der Waals surface area contributed by atoms with Gasteiger partial charge < -0.3 is 10.4 Å². The molecule has 0 amide bonds. The van der Waals surface area contributed by atoms with Crippen LogP contribution in [0.2, 0.25) is 0 Å². The molecule has 0 bridgehead atoms. The van der Waals surface area contributed by atoms with E-state index in [1.54, 1.807) is 0 Å². The Kier molecular flexibility index (Phi) is 4.47. The third-order valence-corrected chi connectivity index (χ3v) is 3.48. The Balaban J connectivity index is 2.73. The molecular weight excluding hydrogens is 210 g/mol. The first-order valence-electron chi connectivity index (χ1n) is 5.41. The summed E-state index contributed by atoms with van der Waals surface area (Å²) in [6.45, 7) is 6.29. The molecule has 0 unspecified atom stereocenters. The first-order chi connectivity index (χ1) is 7.19. The molecule has 0 aliphatic heterocycles. The number of aliphatic hydroxyl groups excluding tert-OH is 1. The van der Waals surface area contributed by atoms with E-state index >= 15 is 0 Å². The molecule has 5 heteroatoms. The second kappa shape index (κ2) is 5.42. The zero-order valence-corrected chi connectivity index (χ0v) is 10.4. The highest BCUT2D eigenvalue weighted by Crippen LogP contribution is 2.23. The molecule has 86 valence electrons. The van der Waals surface area contributed by atoms with Gasteiger partial charge in [0.2, 0.25) is 5.13 Å². The van der Waals surface area contributed by atoms with E-state index in [-0.39, 0.29) is 12.1 Å². The molecule has 2 N–H and O–H groups in total. The van der Waals surface area contributed by atoms with Crippen LogP contribution < -0.4 is 5.32 Å². The molecule has 0 aliphatic carbocycles. The van der Waals surface area contributed by atoms with Crippen molar-refractivity contribution in [2.24, 2.45) is 0 Å². The molecule has 1 rings (SSSR count). The van der Waals surface area contributed by atoms with Crippen molar-refractivity contribution < 1.29 is 5.11 Å². The predicted octanol–water partition coefficient (Wildman–Crippen LogP) is 2.06. The number of nitrogens with one attached hydrogen (secondary N) is 1. The molecule has 1 heterocycles. The number of anilines is 1. The highest BCUT2D eigenvalue weighted by molar-refractivity contribution is 7.09. The molecule has 0 radical (unpaired) electrons. The molecule has 0 aromatic carbocycles. The number of nitrogens with zero attached hydrogens (tertiary/aromatic N) is 2. The van der Waals surface area contributed by atoms with Gasteiger partial charge in [-0.3, -0.25) is 0 Å². The standard InChI is InChI=1S/C10H19N3OS/c1-4-8-11-9(15-13-8)12-10(5-2,6-3)7-14/h14H,4-7H2,1-3H3,(H,11,12,13). The van der Waals surface area contributed by atoms with Gasteiger partial charge in [-0.2, -0.15) is 4.37 Å². The molecule has 1 aromatic heterocycles. The van der Waals surface area contributed by atoms with Crippen LogP contribution in [0.15, 0.2) is 0 Å². The largest absolute Gasteiger partial charge is 0.394 e. The molecule has 0 atom stereocenters. The molecule has 0 saturated heterocycles. The lowest BCUT2D eigenvalue weighted by Crippen LogP contribution is -2.40. The van der Waals surface area contributed by atoms with Crippen molar-refractivity contribution in [2.75, 3.05) is 11.9 Å². The van der Waals surface area contributed by atoms with Crippen LogP contribution in [0, 0.1) is 0 Å². The fourth-order valence-corrected chi connectivity index (χ4v) is 2.14. The molecular formula is C10H19N3OS. The molecule has 0 saturated carbocycles. The average molecular weight is 229 g/mol. The Morgan fingerprint density at radius 1 is 1.33 bits per heavy atom. The van der Waals surface area contributed by atoms with Gasteiger partial charge in [-0.1, -0.05) is 20.8 Å². The number of aryl methyl sites for hydroxylation is 1. The van der Waals surface area contributed by atoms with Crippen molar-refractivity contribution in [3.63, 3.8) is 0 Å². The summed E-state index contributed by atoms with van der Waals surface area (Å²) < 4.78 is 4.21. The maximum atomic E-state index is 9.40. The summed E-state index contributed by atoms with van der Waals surface area (Å²) >= 11 is 1.36. The topological polar surface area (TPSA) is 58.0 Å². The lowest BCUT2D eigenvalue weighted by molar-refractivity contribution is 0.202. The highest BCUT2D eigenvalue weighted by Gasteiger charge is 2.26. The highest BCUT2D eigenvalue weighted by atomic mass is 32.1. The van der Waals surface area contributed by atoms with Gasteiger partial charge in [-0.05, 0) is 12.8 Å². The average Bonchev–Trinajstić information content (AvgIpc) is 2.73. The number of aliphatic hydroxyl groups is 1. The summed E-state index contributed by atoms with van der Waals surface area (Å²) in [6, 6.07) is 0. The number of rotatable bonds is 6. The van der Waals surface area contributed by atoms with Crippen molar-refractivity contribution in [3.05, 3.63) is 5.82 Å². The van der Waals surface area contributed by atoms with Crippen molar-refractivity contribution in [3.8, 4) is 0 Å². The Morgan fingerprint density at radius 3 is 2.40 bits per heavy atom. The van der Waals surface area contributed by atoms with E-state index < -0.39 is 0 Å². The van der Waals surface area contributed by atoms with E-state index in [0.29, 0.717) is 0 Å².